The second kappa shape index (κ2) is 18.3. The number of likely N-dealkylation sites (N-methyl/N-ethyl adjacent to an activating group) is 1. The summed E-state index contributed by atoms with van der Waals surface area (Å²) in [4.78, 5) is 57.1. The molecule has 4 aliphatic heterocycles. The van der Waals surface area contributed by atoms with Gasteiger partial charge >= 0.3 is 18.2 Å². The van der Waals surface area contributed by atoms with Crippen molar-refractivity contribution in [3.05, 3.63) is 30.1 Å². The number of aliphatic hydroxyl groups is 1. The zero-order valence-corrected chi connectivity index (χ0v) is 36.2. The lowest BCUT2D eigenvalue weighted by molar-refractivity contribution is -0.299. The third-order valence-electron chi connectivity index (χ3n) is 12.4. The van der Waals surface area contributed by atoms with Crippen LogP contribution in [0.1, 0.15) is 74.7 Å². The number of carbonyl (C=O) groups excluding carboxylic acids is 4. The van der Waals surface area contributed by atoms with Gasteiger partial charge in [-0.3, -0.25) is 9.59 Å². The van der Waals surface area contributed by atoms with Crippen molar-refractivity contribution in [1.82, 2.24) is 20.3 Å². The zero-order valence-electron chi connectivity index (χ0n) is 35.4. The number of nitrogens with one attached hydrogen (secondary N) is 3. The van der Waals surface area contributed by atoms with Gasteiger partial charge in [0.1, 0.15) is 35.5 Å². The molecule has 1 unspecified atom stereocenters. The summed E-state index contributed by atoms with van der Waals surface area (Å²) in [5, 5.41) is 17.0. The van der Waals surface area contributed by atoms with Crippen LogP contribution in [0, 0.1) is 29.5 Å². The molecule has 0 saturated carbocycles. The van der Waals surface area contributed by atoms with Crippen LogP contribution in [0.25, 0.3) is 0 Å². The lowest BCUT2D eigenvalue weighted by Gasteiger charge is -2.48. The van der Waals surface area contributed by atoms with Crippen molar-refractivity contribution in [2.75, 3.05) is 27.2 Å². The number of hydrogen-bond donors (Lipinski definition) is 4. The first-order chi connectivity index (χ1) is 27.5. The Labute approximate surface area is 345 Å². The Hall–Kier alpha value is -3.46. The zero-order chi connectivity index (χ0) is 43.8. The number of hydrogen-bond acceptors (Lipinski definition) is 14. The Bertz CT molecular complexity index is 1820. The molecule has 0 aliphatic carbocycles. The minimum atomic E-state index is -4.38. The Morgan fingerprint density at radius 3 is 2.37 bits per heavy atom. The van der Waals surface area contributed by atoms with Crippen molar-refractivity contribution < 1.29 is 65.5 Å². The molecule has 4 aliphatic rings. The fourth-order valence-corrected chi connectivity index (χ4v) is 10.5. The molecule has 2 bridgehead atoms. The topological polar surface area (TPSA) is 217 Å². The number of cyclic esters (lactones) is 1. The molecule has 4 saturated heterocycles. The van der Waals surface area contributed by atoms with Gasteiger partial charge in [0.2, 0.25) is 10.0 Å². The highest BCUT2D eigenvalue weighted by Gasteiger charge is 2.58. The molecule has 5 rings (SSSR count). The molecule has 15 atom stereocenters. The SMILES string of the molecule is CC[C@H]1OC(=O)[C@H](C)[C@H]2OCC(NS(=O)(=O)c3cccc(F)c3)CNC(=O)O[C@](C)(C[C@@H](C)C(=O)[C@H](C)[C@@H]3NC(=O)O[C@]13C)[C@H](O[C@@H]1O[C@H](C)C[C@H](N(C)C)[C@H]1O)[C@H]2C. The number of halogens is 1. The maximum absolute atomic E-state index is 14.5. The average molecular weight is 857 g/mol. The predicted octanol–water partition coefficient (Wildman–Crippen LogP) is 2.87. The molecule has 59 heavy (non-hydrogen) atoms. The van der Waals surface area contributed by atoms with Gasteiger partial charge in [0.05, 0.1) is 41.7 Å². The van der Waals surface area contributed by atoms with Crippen molar-refractivity contribution in [3.8, 4) is 0 Å². The maximum Gasteiger partial charge on any atom is 0.408 e. The molecule has 0 radical (unpaired) electrons. The summed E-state index contributed by atoms with van der Waals surface area (Å²) in [6.45, 7) is 12.6. The van der Waals surface area contributed by atoms with Crippen LogP contribution in [0.4, 0.5) is 14.0 Å². The van der Waals surface area contributed by atoms with Crippen molar-refractivity contribution in [1.29, 1.82) is 0 Å². The summed E-state index contributed by atoms with van der Waals surface area (Å²) in [5.41, 5.74) is -3.19. The number of aliphatic hydroxyl groups excluding tert-OH is 1. The molecular formula is C40H61FN4O13S. The first-order valence-electron chi connectivity index (χ1n) is 20.3. The van der Waals surface area contributed by atoms with Gasteiger partial charge in [0.25, 0.3) is 0 Å². The number of amides is 2. The van der Waals surface area contributed by atoms with Gasteiger partial charge in [0.15, 0.2) is 11.9 Å². The van der Waals surface area contributed by atoms with Gasteiger partial charge in [-0.15, -0.1) is 0 Å². The third-order valence-corrected chi connectivity index (χ3v) is 13.9. The molecule has 1 aromatic rings. The van der Waals surface area contributed by atoms with E-state index in [4.69, 9.17) is 28.4 Å². The largest absolute Gasteiger partial charge is 0.458 e. The average Bonchev–Trinajstić information content (AvgIpc) is 3.47. The van der Waals surface area contributed by atoms with Gasteiger partial charge < -0.3 is 49.1 Å². The van der Waals surface area contributed by atoms with E-state index in [-0.39, 0.29) is 36.2 Å². The Balaban J connectivity index is 1.65. The van der Waals surface area contributed by atoms with Gasteiger partial charge in [-0.2, -0.15) is 0 Å². The minimum Gasteiger partial charge on any atom is -0.458 e. The molecule has 332 valence electrons. The summed E-state index contributed by atoms with van der Waals surface area (Å²) in [5.74, 6) is -5.66. The van der Waals surface area contributed by atoms with Crippen LogP contribution in [0.3, 0.4) is 0 Å². The molecule has 1 aromatic carbocycles. The quantitative estimate of drug-likeness (QED) is 0.229. The second-order valence-electron chi connectivity index (χ2n) is 17.3. The summed E-state index contributed by atoms with van der Waals surface area (Å²) < 4.78 is 81.3. The monoisotopic (exact) mass is 856 g/mol. The molecule has 0 aromatic heterocycles. The first-order valence-corrected chi connectivity index (χ1v) is 21.7. The van der Waals surface area contributed by atoms with Gasteiger partial charge in [0, 0.05) is 30.3 Å². The smallest absolute Gasteiger partial charge is 0.408 e. The summed E-state index contributed by atoms with van der Waals surface area (Å²) in [6, 6.07) is 1.90. The third kappa shape index (κ3) is 10.0. The highest BCUT2D eigenvalue weighted by molar-refractivity contribution is 7.89. The number of nitrogens with zero attached hydrogens (tertiary/aromatic N) is 1. The van der Waals surface area contributed by atoms with Gasteiger partial charge in [-0.25, -0.2) is 27.1 Å². The van der Waals surface area contributed by atoms with Crippen LogP contribution in [-0.4, -0.2) is 136 Å². The Kier molecular flexibility index (Phi) is 14.4. The lowest BCUT2D eigenvalue weighted by Crippen LogP contribution is -2.61. The molecule has 17 nitrogen and oxygen atoms in total. The fraction of sp³-hybridized carbons (Fsp3) is 0.750. The lowest BCUT2D eigenvalue weighted by atomic mass is 9.73. The van der Waals surface area contributed by atoms with Crippen molar-refractivity contribution >= 4 is 34.0 Å². The predicted molar refractivity (Wildman–Crippen MR) is 209 cm³/mol. The number of esters is 1. The van der Waals surface area contributed by atoms with Gasteiger partial charge in [-0.1, -0.05) is 33.8 Å². The van der Waals surface area contributed by atoms with E-state index in [2.05, 4.69) is 15.4 Å². The fourth-order valence-electron chi connectivity index (χ4n) is 9.26. The van der Waals surface area contributed by atoms with Crippen molar-refractivity contribution in [2.45, 2.75) is 146 Å². The van der Waals surface area contributed by atoms with Crippen LogP contribution in [0.15, 0.2) is 29.2 Å². The molecule has 19 heteroatoms. The number of ketones is 1. The van der Waals surface area contributed by atoms with E-state index in [0.717, 1.165) is 12.1 Å². The normalized spacial score (nSPS) is 40.4. The number of Topliss-reactive ketones (excluding diaryl/α,β-unsaturated/α-hetero) is 1. The van der Waals surface area contributed by atoms with Gasteiger partial charge in [-0.05, 0) is 79.3 Å². The van der Waals surface area contributed by atoms with Crippen LogP contribution in [0.2, 0.25) is 0 Å². The van der Waals surface area contributed by atoms with E-state index < -0.39 is 124 Å². The number of sulfonamides is 1. The van der Waals surface area contributed by atoms with E-state index in [1.807, 2.05) is 25.9 Å². The van der Waals surface area contributed by atoms with Crippen LogP contribution in [0.5, 0.6) is 0 Å². The standard InChI is InChI=1S/C40H61FN4O13S/c1-11-29-40(8)33(43-38(50)58-40)22(4)30(46)20(2)17-39(7)34(56-36-31(47)28(45(9)10)15-21(3)54-36)23(5)32(24(6)35(48)55-29)53-19-26(18-42-37(49)57-39)44-59(51,52)27-14-12-13-25(41)16-27/h12-14,16,20-24,26,28-29,31-34,36,44,47H,11,15,17-19H2,1-10H3,(H,42,49)(H,43,50)/t20-,21-,22+,23+,24-,26?,28+,29-,31-,32+,33+,34-,36+,39-,40-/m1/s1. The summed E-state index contributed by atoms with van der Waals surface area (Å²) in [7, 11) is -0.747. The second-order valence-corrected chi connectivity index (χ2v) is 19.0. The highest BCUT2D eigenvalue weighted by atomic mass is 32.2. The number of alkyl carbamates (subject to hydrolysis) is 2. The molecule has 2 amide bonds. The molecule has 4 fully saturated rings. The summed E-state index contributed by atoms with van der Waals surface area (Å²) in [6.07, 6.45) is -7.53. The van der Waals surface area contributed by atoms with E-state index in [9.17, 15) is 37.1 Å². The van der Waals surface area contributed by atoms with Crippen LogP contribution < -0.4 is 15.4 Å². The van der Waals surface area contributed by atoms with Crippen LogP contribution in [-0.2, 0) is 48.0 Å². The Morgan fingerprint density at radius 2 is 1.73 bits per heavy atom. The van der Waals surface area contributed by atoms with E-state index in [0.29, 0.717) is 6.42 Å². The maximum atomic E-state index is 14.5. The van der Waals surface area contributed by atoms with Crippen LogP contribution >= 0.6 is 0 Å². The first kappa shape index (κ1) is 46.6. The number of rotatable bonds is 7. The number of benzene rings is 1. The molecule has 0 spiro atoms. The van der Waals surface area contributed by atoms with Crippen molar-refractivity contribution in [3.63, 3.8) is 0 Å². The van der Waals surface area contributed by atoms with E-state index in [1.54, 1.807) is 48.5 Å². The number of ether oxygens (including phenoxy) is 6. The number of fused-ring (bicyclic) bond motifs is 4. The Morgan fingerprint density at radius 1 is 1.03 bits per heavy atom. The molecule has 4 N–H and O–H groups in total. The minimum absolute atomic E-state index is 0.148. The van der Waals surface area contributed by atoms with E-state index >= 15 is 0 Å². The highest BCUT2D eigenvalue weighted by Crippen LogP contribution is 2.42. The molecule has 4 heterocycles. The molecular weight excluding hydrogens is 796 g/mol. The van der Waals surface area contributed by atoms with E-state index in [1.165, 1.54) is 12.1 Å². The summed E-state index contributed by atoms with van der Waals surface area (Å²) >= 11 is 0. The number of carbonyl (C=O) groups is 4. The van der Waals surface area contributed by atoms with Crippen molar-refractivity contribution in [2.24, 2.45) is 23.7 Å².